The van der Waals surface area contributed by atoms with Crippen LogP contribution in [0.25, 0.3) is 0 Å². The number of halogens is 1. The van der Waals surface area contributed by atoms with Crippen LogP contribution in [0.3, 0.4) is 0 Å². The fourth-order valence-electron chi connectivity index (χ4n) is 3.45. The van der Waals surface area contributed by atoms with E-state index in [-0.39, 0.29) is 5.91 Å². The van der Waals surface area contributed by atoms with Crippen LogP contribution in [0.5, 0.6) is 5.75 Å². The number of anilines is 1. The molecule has 0 aliphatic carbocycles. The minimum absolute atomic E-state index is 0.181. The molecule has 0 saturated carbocycles. The fraction of sp³-hybridized carbons (Fsp3) is 0.250. The number of aromatic nitrogens is 1. The summed E-state index contributed by atoms with van der Waals surface area (Å²) in [6, 6.07) is 19.0. The summed E-state index contributed by atoms with van der Waals surface area (Å²) in [4.78, 5) is 19.7. The second kappa shape index (κ2) is 10.4. The van der Waals surface area contributed by atoms with Crippen molar-refractivity contribution in [2.45, 2.75) is 13.2 Å². The molecule has 1 aliphatic heterocycles. The molecule has 1 amide bonds. The zero-order valence-electron chi connectivity index (χ0n) is 17.1. The van der Waals surface area contributed by atoms with Crippen molar-refractivity contribution in [3.8, 4) is 5.75 Å². The fourth-order valence-corrected chi connectivity index (χ4v) is 3.85. The Labute approximate surface area is 190 Å². The molecular weight excluding hydrogens is 458 g/mol. The van der Waals surface area contributed by atoms with Gasteiger partial charge in [-0.15, -0.1) is 0 Å². The van der Waals surface area contributed by atoms with Gasteiger partial charge in [0.25, 0.3) is 5.91 Å². The quantitative estimate of drug-likeness (QED) is 0.547. The first-order valence-corrected chi connectivity index (χ1v) is 11.0. The highest BCUT2D eigenvalue weighted by Crippen LogP contribution is 2.23. The molecule has 3 aromatic rings. The van der Waals surface area contributed by atoms with Crippen LogP contribution in [0.1, 0.15) is 21.5 Å². The molecule has 0 atom stereocenters. The zero-order valence-corrected chi connectivity index (χ0v) is 18.7. The van der Waals surface area contributed by atoms with Gasteiger partial charge in [-0.25, -0.2) is 4.98 Å². The Hall–Kier alpha value is -2.90. The third kappa shape index (κ3) is 5.42. The Balaban J connectivity index is 1.43. The number of benzene rings is 2. The molecule has 0 spiro atoms. The molecule has 1 saturated heterocycles. The van der Waals surface area contributed by atoms with Crippen molar-refractivity contribution >= 4 is 27.7 Å². The lowest BCUT2D eigenvalue weighted by molar-refractivity contribution is 0.0946. The highest BCUT2D eigenvalue weighted by atomic mass is 79.9. The number of nitrogens with one attached hydrogen (secondary N) is 1. The highest BCUT2D eigenvalue weighted by Gasteiger charge is 2.17. The van der Waals surface area contributed by atoms with Crippen LogP contribution in [-0.2, 0) is 17.9 Å². The molecule has 0 unspecified atom stereocenters. The number of hydrogen-bond donors (Lipinski definition) is 1. The Morgan fingerprint density at radius 1 is 1.03 bits per heavy atom. The predicted molar refractivity (Wildman–Crippen MR) is 123 cm³/mol. The smallest absolute Gasteiger partial charge is 0.255 e. The standard InChI is InChI=1S/C24H24BrN3O3/c25-21-9-3-1-6-19(21)17-31-22-10-4-2-8-20(22)24(29)27-16-18-7-5-11-26-23(18)28-12-14-30-15-13-28/h1-11H,12-17H2,(H,27,29). The molecule has 2 heterocycles. The Bertz CT molecular complexity index is 1040. The number of amides is 1. The molecule has 6 nitrogen and oxygen atoms in total. The van der Waals surface area contributed by atoms with Crippen molar-refractivity contribution in [1.82, 2.24) is 10.3 Å². The zero-order chi connectivity index (χ0) is 21.5. The van der Waals surface area contributed by atoms with Crippen LogP contribution in [0.2, 0.25) is 0 Å². The Morgan fingerprint density at radius 3 is 2.61 bits per heavy atom. The molecule has 31 heavy (non-hydrogen) atoms. The number of hydrogen-bond acceptors (Lipinski definition) is 5. The van der Waals surface area contributed by atoms with Crippen molar-refractivity contribution in [1.29, 1.82) is 0 Å². The van der Waals surface area contributed by atoms with Crippen molar-refractivity contribution in [2.24, 2.45) is 0 Å². The van der Waals surface area contributed by atoms with E-state index in [1.165, 1.54) is 0 Å². The summed E-state index contributed by atoms with van der Waals surface area (Å²) in [6.45, 7) is 3.72. The van der Waals surface area contributed by atoms with E-state index in [9.17, 15) is 4.79 Å². The lowest BCUT2D eigenvalue weighted by atomic mass is 10.1. The number of carbonyl (C=O) groups is 1. The summed E-state index contributed by atoms with van der Waals surface area (Å²) in [6.07, 6.45) is 1.78. The predicted octanol–water partition coefficient (Wildman–Crippen LogP) is 4.19. The lowest BCUT2D eigenvalue weighted by Gasteiger charge is -2.29. The van der Waals surface area contributed by atoms with Crippen LogP contribution >= 0.6 is 15.9 Å². The molecule has 1 aromatic heterocycles. The van der Waals surface area contributed by atoms with Crippen molar-refractivity contribution in [3.05, 3.63) is 88.0 Å². The maximum atomic E-state index is 13.0. The van der Waals surface area contributed by atoms with E-state index in [1.807, 2.05) is 54.6 Å². The summed E-state index contributed by atoms with van der Waals surface area (Å²) in [5, 5.41) is 3.02. The van der Waals surface area contributed by atoms with Gasteiger partial charge in [-0.05, 0) is 24.3 Å². The van der Waals surface area contributed by atoms with Gasteiger partial charge < -0.3 is 19.7 Å². The third-order valence-electron chi connectivity index (χ3n) is 5.09. The van der Waals surface area contributed by atoms with Gasteiger partial charge in [-0.3, -0.25) is 4.79 Å². The first-order chi connectivity index (χ1) is 15.2. The van der Waals surface area contributed by atoms with Gasteiger partial charge in [0.15, 0.2) is 0 Å². The van der Waals surface area contributed by atoms with Crippen LogP contribution in [0.15, 0.2) is 71.3 Å². The van der Waals surface area contributed by atoms with E-state index in [0.29, 0.717) is 37.7 Å². The van der Waals surface area contributed by atoms with Crippen LogP contribution in [-0.4, -0.2) is 37.2 Å². The van der Waals surface area contributed by atoms with E-state index in [4.69, 9.17) is 9.47 Å². The van der Waals surface area contributed by atoms with E-state index >= 15 is 0 Å². The summed E-state index contributed by atoms with van der Waals surface area (Å²) >= 11 is 3.53. The number of pyridine rings is 1. The maximum absolute atomic E-state index is 13.0. The first-order valence-electron chi connectivity index (χ1n) is 10.2. The molecule has 0 bridgehead atoms. The minimum atomic E-state index is -0.181. The minimum Gasteiger partial charge on any atom is -0.488 e. The topological polar surface area (TPSA) is 63.7 Å². The molecule has 7 heteroatoms. The largest absolute Gasteiger partial charge is 0.488 e. The average Bonchev–Trinajstić information content (AvgIpc) is 2.83. The molecule has 0 radical (unpaired) electrons. The summed E-state index contributed by atoms with van der Waals surface area (Å²) in [5.74, 6) is 1.26. The number of para-hydroxylation sites is 1. The van der Waals surface area contributed by atoms with Crippen molar-refractivity contribution < 1.29 is 14.3 Å². The SMILES string of the molecule is O=C(NCc1cccnc1N1CCOCC1)c1ccccc1OCc1ccccc1Br. The number of morpholine rings is 1. The monoisotopic (exact) mass is 481 g/mol. The van der Waals surface area contributed by atoms with E-state index < -0.39 is 0 Å². The van der Waals surface area contributed by atoms with Gasteiger partial charge in [-0.2, -0.15) is 0 Å². The van der Waals surface area contributed by atoms with Crippen molar-refractivity contribution in [3.63, 3.8) is 0 Å². The number of rotatable bonds is 7. The second-order valence-electron chi connectivity index (χ2n) is 7.14. The Kier molecular flexibility index (Phi) is 7.17. The van der Waals surface area contributed by atoms with Crippen LogP contribution in [0, 0.1) is 0 Å². The van der Waals surface area contributed by atoms with E-state index in [1.54, 1.807) is 12.3 Å². The van der Waals surface area contributed by atoms with E-state index in [0.717, 1.165) is 34.5 Å². The molecular formula is C24H24BrN3O3. The molecule has 1 N–H and O–H groups in total. The molecule has 1 fully saturated rings. The lowest BCUT2D eigenvalue weighted by Crippen LogP contribution is -2.37. The summed E-state index contributed by atoms with van der Waals surface area (Å²) in [7, 11) is 0. The number of carbonyl (C=O) groups excluding carboxylic acids is 1. The molecule has 4 rings (SSSR count). The third-order valence-corrected chi connectivity index (χ3v) is 5.86. The normalized spacial score (nSPS) is 13.6. The van der Waals surface area contributed by atoms with Gasteiger partial charge >= 0.3 is 0 Å². The summed E-state index contributed by atoms with van der Waals surface area (Å²) in [5.41, 5.74) is 2.50. The van der Waals surface area contributed by atoms with Gasteiger partial charge in [-0.1, -0.05) is 52.3 Å². The molecule has 1 aliphatic rings. The van der Waals surface area contributed by atoms with Gasteiger partial charge in [0.2, 0.25) is 0 Å². The summed E-state index contributed by atoms with van der Waals surface area (Å²) < 4.78 is 12.4. The van der Waals surface area contributed by atoms with Crippen LogP contribution < -0.4 is 15.0 Å². The first kappa shape index (κ1) is 21.3. The highest BCUT2D eigenvalue weighted by molar-refractivity contribution is 9.10. The van der Waals surface area contributed by atoms with Gasteiger partial charge in [0, 0.05) is 41.4 Å². The maximum Gasteiger partial charge on any atom is 0.255 e. The Morgan fingerprint density at radius 2 is 1.77 bits per heavy atom. The van der Waals surface area contributed by atoms with Gasteiger partial charge in [0.1, 0.15) is 18.2 Å². The molecule has 160 valence electrons. The number of ether oxygens (including phenoxy) is 2. The number of nitrogens with zero attached hydrogens (tertiary/aromatic N) is 2. The van der Waals surface area contributed by atoms with Crippen LogP contribution in [0.4, 0.5) is 5.82 Å². The van der Waals surface area contributed by atoms with Gasteiger partial charge in [0.05, 0.1) is 18.8 Å². The second-order valence-corrected chi connectivity index (χ2v) is 8.00. The van der Waals surface area contributed by atoms with Crippen molar-refractivity contribution in [2.75, 3.05) is 31.2 Å². The average molecular weight is 482 g/mol. The van der Waals surface area contributed by atoms with E-state index in [2.05, 4.69) is 31.1 Å². The molecule has 2 aromatic carbocycles.